The maximum atomic E-state index is 9.58. The molecular weight excluding hydrogens is 156 g/mol. The van der Waals surface area contributed by atoms with Gasteiger partial charge in [-0.05, 0) is 24.7 Å². The van der Waals surface area contributed by atoms with Crippen molar-refractivity contribution >= 4 is 0 Å². The minimum Gasteiger partial charge on any atom is -0.393 e. The van der Waals surface area contributed by atoms with Gasteiger partial charge in [0.05, 0.1) is 12.7 Å². The Morgan fingerprint density at radius 3 is 2.75 bits per heavy atom. The van der Waals surface area contributed by atoms with E-state index in [0.29, 0.717) is 12.5 Å². The van der Waals surface area contributed by atoms with Crippen LogP contribution in [-0.4, -0.2) is 29.2 Å². The molecule has 0 aromatic carbocycles. The molecule has 1 aliphatic heterocycles. The fourth-order valence-corrected chi connectivity index (χ4v) is 2.62. The monoisotopic (exact) mass is 172 g/mol. The van der Waals surface area contributed by atoms with E-state index in [-0.39, 0.29) is 17.9 Å². The minimum absolute atomic E-state index is 0.161. The Balaban J connectivity index is 2.12. The van der Waals surface area contributed by atoms with Gasteiger partial charge in [0.15, 0.2) is 6.29 Å². The Kier molecular flexibility index (Phi) is 2.10. The number of aliphatic hydroxyl groups is 2. The molecule has 0 radical (unpaired) electrons. The largest absolute Gasteiger partial charge is 0.393 e. The Labute approximate surface area is 72.3 Å². The molecule has 12 heavy (non-hydrogen) atoms. The minimum atomic E-state index is -0.643. The molecule has 5 atom stereocenters. The van der Waals surface area contributed by atoms with Gasteiger partial charge in [0.25, 0.3) is 0 Å². The molecule has 0 amide bonds. The van der Waals surface area contributed by atoms with Crippen LogP contribution in [0.3, 0.4) is 0 Å². The van der Waals surface area contributed by atoms with E-state index in [4.69, 9.17) is 4.74 Å². The van der Waals surface area contributed by atoms with Crippen molar-refractivity contribution in [1.29, 1.82) is 0 Å². The summed E-state index contributed by atoms with van der Waals surface area (Å²) < 4.78 is 5.15. The molecule has 0 aromatic heterocycles. The van der Waals surface area contributed by atoms with E-state index >= 15 is 0 Å². The number of hydrogen-bond donors (Lipinski definition) is 2. The predicted octanol–water partition coefficient (Wildman–Crippen LogP) is 0.358. The van der Waals surface area contributed by atoms with E-state index in [0.717, 1.165) is 12.8 Å². The molecule has 0 bridgehead atoms. The lowest BCUT2D eigenvalue weighted by atomic mass is 9.86. The van der Waals surface area contributed by atoms with E-state index in [9.17, 15) is 10.2 Å². The Morgan fingerprint density at radius 1 is 1.33 bits per heavy atom. The zero-order valence-corrected chi connectivity index (χ0v) is 7.31. The molecule has 2 N–H and O–H groups in total. The first-order chi connectivity index (χ1) is 5.70. The van der Waals surface area contributed by atoms with Crippen molar-refractivity contribution in [3.8, 4) is 0 Å². The van der Waals surface area contributed by atoms with Gasteiger partial charge >= 0.3 is 0 Å². The van der Waals surface area contributed by atoms with Crippen LogP contribution >= 0.6 is 0 Å². The fourth-order valence-electron chi connectivity index (χ4n) is 2.62. The molecule has 1 saturated heterocycles. The highest BCUT2D eigenvalue weighted by molar-refractivity contribution is 4.91. The summed E-state index contributed by atoms with van der Waals surface area (Å²) in [6, 6.07) is 0. The lowest BCUT2D eigenvalue weighted by Gasteiger charge is -2.32. The summed E-state index contributed by atoms with van der Waals surface area (Å²) in [5.74, 6) is 0.817. The zero-order chi connectivity index (χ0) is 8.72. The van der Waals surface area contributed by atoms with Crippen molar-refractivity contribution in [3.05, 3.63) is 0 Å². The highest BCUT2D eigenvalue weighted by Crippen LogP contribution is 2.43. The second-order valence-electron chi connectivity index (χ2n) is 4.05. The number of fused-ring (bicyclic) bond motifs is 1. The molecule has 2 aliphatic rings. The molecule has 2 rings (SSSR count). The van der Waals surface area contributed by atoms with Crippen LogP contribution in [0.25, 0.3) is 0 Å². The lowest BCUT2D eigenvalue weighted by molar-refractivity contribution is -0.180. The molecule has 0 aromatic rings. The van der Waals surface area contributed by atoms with E-state index in [1.165, 1.54) is 0 Å². The topological polar surface area (TPSA) is 49.7 Å². The van der Waals surface area contributed by atoms with Gasteiger partial charge < -0.3 is 14.9 Å². The maximum absolute atomic E-state index is 9.58. The van der Waals surface area contributed by atoms with Crippen LogP contribution in [0.2, 0.25) is 0 Å². The standard InChI is InChI=1S/C9H16O3/c1-5-7(10)4-6-2-3-12-9(11)8(5)6/h5-11H,2-4H2,1H3/t5-,6-,7-,8+,9+/m0/s1. The van der Waals surface area contributed by atoms with Gasteiger partial charge in [-0.1, -0.05) is 6.92 Å². The number of rotatable bonds is 0. The summed E-state index contributed by atoms with van der Waals surface area (Å²) in [6.07, 6.45) is 0.947. The van der Waals surface area contributed by atoms with Crippen LogP contribution in [0.5, 0.6) is 0 Å². The molecule has 1 saturated carbocycles. The van der Waals surface area contributed by atoms with E-state index in [2.05, 4.69) is 0 Å². The number of ether oxygens (including phenoxy) is 1. The predicted molar refractivity (Wildman–Crippen MR) is 43.3 cm³/mol. The molecule has 1 aliphatic carbocycles. The van der Waals surface area contributed by atoms with Gasteiger partial charge in [-0.15, -0.1) is 0 Å². The van der Waals surface area contributed by atoms with Crippen LogP contribution in [0.1, 0.15) is 19.8 Å². The van der Waals surface area contributed by atoms with Crippen LogP contribution in [0, 0.1) is 17.8 Å². The van der Waals surface area contributed by atoms with E-state index in [1.54, 1.807) is 0 Å². The quantitative estimate of drug-likeness (QED) is 0.554. The average Bonchev–Trinajstić information content (AvgIpc) is 2.29. The lowest BCUT2D eigenvalue weighted by Crippen LogP contribution is -2.36. The van der Waals surface area contributed by atoms with Crippen molar-refractivity contribution in [2.75, 3.05) is 6.61 Å². The molecular formula is C9H16O3. The van der Waals surface area contributed by atoms with E-state index in [1.807, 2.05) is 6.92 Å². The Hall–Kier alpha value is -0.120. The summed E-state index contributed by atoms with van der Waals surface area (Å²) in [4.78, 5) is 0. The molecule has 1 heterocycles. The van der Waals surface area contributed by atoms with Crippen molar-refractivity contribution in [3.63, 3.8) is 0 Å². The fraction of sp³-hybridized carbons (Fsp3) is 1.00. The molecule has 0 unspecified atom stereocenters. The average molecular weight is 172 g/mol. The summed E-state index contributed by atoms with van der Waals surface area (Å²) >= 11 is 0. The van der Waals surface area contributed by atoms with Gasteiger partial charge in [0.2, 0.25) is 0 Å². The molecule has 70 valence electrons. The molecule has 0 spiro atoms. The molecule has 2 fully saturated rings. The molecule has 3 heteroatoms. The highest BCUT2D eigenvalue weighted by atomic mass is 16.6. The second kappa shape index (κ2) is 2.98. The maximum Gasteiger partial charge on any atom is 0.157 e. The highest BCUT2D eigenvalue weighted by Gasteiger charge is 2.45. The first-order valence-corrected chi connectivity index (χ1v) is 4.68. The molecule has 3 nitrogen and oxygen atoms in total. The van der Waals surface area contributed by atoms with E-state index < -0.39 is 6.29 Å². The van der Waals surface area contributed by atoms with Gasteiger partial charge in [-0.25, -0.2) is 0 Å². The first kappa shape index (κ1) is 8.48. The van der Waals surface area contributed by atoms with Crippen molar-refractivity contribution in [2.24, 2.45) is 17.8 Å². The zero-order valence-electron chi connectivity index (χ0n) is 7.31. The van der Waals surface area contributed by atoms with Crippen molar-refractivity contribution < 1.29 is 14.9 Å². The van der Waals surface area contributed by atoms with Crippen LogP contribution < -0.4 is 0 Å². The van der Waals surface area contributed by atoms with Crippen LogP contribution in [0.15, 0.2) is 0 Å². The Morgan fingerprint density at radius 2 is 2.08 bits per heavy atom. The Bertz CT molecular complexity index is 171. The first-order valence-electron chi connectivity index (χ1n) is 4.68. The summed E-state index contributed by atoms with van der Waals surface area (Å²) in [7, 11) is 0. The van der Waals surface area contributed by atoms with Gasteiger partial charge in [0.1, 0.15) is 0 Å². The second-order valence-corrected chi connectivity index (χ2v) is 4.05. The number of aliphatic hydroxyl groups excluding tert-OH is 2. The van der Waals surface area contributed by atoms with Crippen LogP contribution in [0.4, 0.5) is 0 Å². The number of hydrogen-bond acceptors (Lipinski definition) is 3. The van der Waals surface area contributed by atoms with Crippen LogP contribution in [-0.2, 0) is 4.74 Å². The van der Waals surface area contributed by atoms with Crippen molar-refractivity contribution in [2.45, 2.75) is 32.2 Å². The summed E-state index contributed by atoms with van der Waals surface area (Å²) in [5.41, 5.74) is 0. The van der Waals surface area contributed by atoms with Gasteiger partial charge in [-0.3, -0.25) is 0 Å². The SMILES string of the molecule is C[C@@H]1[C@@H]2[C@@H](CCO[C@H]2O)C[C@@H]1O. The van der Waals surface area contributed by atoms with Gasteiger partial charge in [-0.2, -0.15) is 0 Å². The van der Waals surface area contributed by atoms with Gasteiger partial charge in [0, 0.05) is 5.92 Å². The third-order valence-corrected chi connectivity index (χ3v) is 3.41. The normalized spacial score (nSPS) is 53.8. The third kappa shape index (κ3) is 1.16. The van der Waals surface area contributed by atoms with Crippen molar-refractivity contribution in [1.82, 2.24) is 0 Å². The third-order valence-electron chi connectivity index (χ3n) is 3.41. The summed E-state index contributed by atoms with van der Waals surface area (Å²) in [6.45, 7) is 2.63. The smallest absolute Gasteiger partial charge is 0.157 e. The summed E-state index contributed by atoms with van der Waals surface area (Å²) in [5, 5.41) is 19.1.